The van der Waals surface area contributed by atoms with E-state index in [2.05, 4.69) is 4.90 Å². The van der Waals surface area contributed by atoms with Gasteiger partial charge in [0.15, 0.2) is 18.1 Å². The summed E-state index contributed by atoms with van der Waals surface area (Å²) in [4.78, 5) is 12.4. The summed E-state index contributed by atoms with van der Waals surface area (Å²) in [6.45, 7) is 5.26. The lowest BCUT2D eigenvalue weighted by Crippen LogP contribution is -2.21. The number of carboxylic acids is 1. The number of ether oxygens (including phenoxy) is 1. The van der Waals surface area contributed by atoms with Gasteiger partial charge >= 0.3 is 5.97 Å². The molecule has 1 aromatic rings. The zero-order valence-corrected chi connectivity index (χ0v) is 10.0. The third-order valence-electron chi connectivity index (χ3n) is 2.42. The van der Waals surface area contributed by atoms with Crippen LogP contribution in [0.4, 0.5) is 5.69 Å². The predicted molar refractivity (Wildman–Crippen MR) is 64.8 cm³/mol. The van der Waals surface area contributed by atoms with Crippen LogP contribution in [0.25, 0.3) is 0 Å². The van der Waals surface area contributed by atoms with E-state index in [4.69, 9.17) is 9.84 Å². The Morgan fingerprint density at radius 2 is 2.00 bits per heavy atom. The normalized spacial score (nSPS) is 10.0. The summed E-state index contributed by atoms with van der Waals surface area (Å²) < 4.78 is 4.93. The van der Waals surface area contributed by atoms with Gasteiger partial charge in [0.25, 0.3) is 0 Å². The molecule has 0 aliphatic heterocycles. The predicted octanol–water partition coefficient (Wildman–Crippen LogP) is 1.70. The summed E-state index contributed by atoms with van der Waals surface area (Å²) in [5, 5.41) is 18.2. The van der Waals surface area contributed by atoms with Crippen LogP contribution in [-0.4, -0.2) is 35.9 Å². The average Bonchev–Trinajstić information content (AvgIpc) is 2.29. The molecule has 2 N–H and O–H groups in total. The zero-order valence-electron chi connectivity index (χ0n) is 10.0. The second kappa shape index (κ2) is 5.98. The van der Waals surface area contributed by atoms with Gasteiger partial charge in [-0.05, 0) is 26.0 Å². The molecule has 1 rings (SSSR count). The first-order chi connectivity index (χ1) is 8.08. The third-order valence-corrected chi connectivity index (χ3v) is 2.42. The number of phenolic OH excluding ortho intramolecular Hbond substituents is 1. The smallest absolute Gasteiger partial charge is 0.341 e. The van der Waals surface area contributed by atoms with Crippen molar-refractivity contribution < 1.29 is 19.7 Å². The molecule has 0 atom stereocenters. The van der Waals surface area contributed by atoms with Crippen molar-refractivity contribution in [2.75, 3.05) is 24.6 Å². The lowest BCUT2D eigenvalue weighted by molar-refractivity contribution is -0.139. The SMILES string of the molecule is CCN(CC)c1ccc(OCC(=O)O)c(O)c1. The number of aliphatic carboxylic acids is 1. The number of benzene rings is 1. The van der Waals surface area contributed by atoms with Gasteiger partial charge in [0.1, 0.15) is 0 Å². The van der Waals surface area contributed by atoms with Crippen LogP contribution in [0, 0.1) is 0 Å². The highest BCUT2D eigenvalue weighted by atomic mass is 16.5. The van der Waals surface area contributed by atoms with Crippen molar-refractivity contribution in [1.82, 2.24) is 0 Å². The van der Waals surface area contributed by atoms with E-state index in [1.54, 1.807) is 18.2 Å². The van der Waals surface area contributed by atoms with E-state index in [1.807, 2.05) is 13.8 Å². The highest BCUT2D eigenvalue weighted by molar-refractivity contribution is 5.68. The first-order valence-corrected chi connectivity index (χ1v) is 5.51. The molecule has 0 spiro atoms. The Balaban J connectivity index is 2.81. The minimum absolute atomic E-state index is 0.0457. The molecule has 94 valence electrons. The third kappa shape index (κ3) is 3.55. The maximum absolute atomic E-state index is 10.3. The van der Waals surface area contributed by atoms with Crippen LogP contribution in [0.5, 0.6) is 11.5 Å². The van der Waals surface area contributed by atoms with Gasteiger partial charge in [-0.1, -0.05) is 0 Å². The lowest BCUT2D eigenvalue weighted by atomic mass is 10.2. The second-order valence-corrected chi connectivity index (χ2v) is 3.51. The van der Waals surface area contributed by atoms with Gasteiger partial charge in [0.2, 0.25) is 0 Å². The second-order valence-electron chi connectivity index (χ2n) is 3.51. The molecule has 0 amide bonds. The van der Waals surface area contributed by atoms with Crippen LogP contribution in [0.1, 0.15) is 13.8 Å². The Morgan fingerprint density at radius 1 is 1.35 bits per heavy atom. The van der Waals surface area contributed by atoms with E-state index in [1.165, 1.54) is 0 Å². The minimum Gasteiger partial charge on any atom is -0.504 e. The molecule has 5 nitrogen and oxygen atoms in total. The molecule has 0 aromatic heterocycles. The van der Waals surface area contributed by atoms with E-state index in [0.717, 1.165) is 18.8 Å². The fraction of sp³-hybridized carbons (Fsp3) is 0.417. The highest BCUT2D eigenvalue weighted by Crippen LogP contribution is 2.30. The summed E-state index contributed by atoms with van der Waals surface area (Å²) in [5.41, 5.74) is 0.884. The van der Waals surface area contributed by atoms with Crippen molar-refractivity contribution >= 4 is 11.7 Å². The molecule has 0 heterocycles. The topological polar surface area (TPSA) is 70.0 Å². The number of anilines is 1. The fourth-order valence-electron chi connectivity index (χ4n) is 1.55. The monoisotopic (exact) mass is 239 g/mol. The van der Waals surface area contributed by atoms with E-state index in [0.29, 0.717) is 0 Å². The fourth-order valence-corrected chi connectivity index (χ4v) is 1.55. The summed E-state index contributed by atoms with van der Waals surface area (Å²) in [7, 11) is 0. The Bertz CT molecular complexity index is 388. The molecule has 0 saturated carbocycles. The van der Waals surface area contributed by atoms with Crippen LogP contribution < -0.4 is 9.64 Å². The van der Waals surface area contributed by atoms with Gasteiger partial charge in [-0.15, -0.1) is 0 Å². The first kappa shape index (κ1) is 13.2. The van der Waals surface area contributed by atoms with E-state index >= 15 is 0 Å². The standard InChI is InChI=1S/C12H17NO4/c1-3-13(4-2)9-5-6-11(10(14)7-9)17-8-12(15)16/h5-7,14H,3-4,8H2,1-2H3,(H,15,16). The van der Waals surface area contributed by atoms with Crippen LogP contribution >= 0.6 is 0 Å². The molecule has 0 radical (unpaired) electrons. The van der Waals surface area contributed by atoms with E-state index < -0.39 is 12.6 Å². The van der Waals surface area contributed by atoms with Gasteiger partial charge in [0.05, 0.1) is 0 Å². The molecule has 0 aliphatic rings. The van der Waals surface area contributed by atoms with Crippen molar-refractivity contribution in [1.29, 1.82) is 0 Å². The lowest BCUT2D eigenvalue weighted by Gasteiger charge is -2.21. The van der Waals surface area contributed by atoms with Gasteiger partial charge < -0.3 is 19.8 Å². The Morgan fingerprint density at radius 3 is 2.47 bits per heavy atom. The highest BCUT2D eigenvalue weighted by Gasteiger charge is 2.08. The number of aromatic hydroxyl groups is 1. The number of phenols is 1. The molecule has 0 aliphatic carbocycles. The van der Waals surface area contributed by atoms with E-state index in [9.17, 15) is 9.90 Å². The summed E-state index contributed by atoms with van der Waals surface area (Å²) in [6.07, 6.45) is 0. The molecule has 17 heavy (non-hydrogen) atoms. The van der Waals surface area contributed by atoms with Crippen molar-refractivity contribution in [3.05, 3.63) is 18.2 Å². The molecule has 0 bridgehead atoms. The quantitative estimate of drug-likeness (QED) is 0.790. The number of rotatable bonds is 6. The number of hydrogen-bond donors (Lipinski definition) is 2. The zero-order chi connectivity index (χ0) is 12.8. The molecular formula is C12H17NO4. The Hall–Kier alpha value is -1.91. The maximum atomic E-state index is 10.3. The van der Waals surface area contributed by atoms with Gasteiger partial charge in [0, 0.05) is 24.8 Å². The van der Waals surface area contributed by atoms with E-state index in [-0.39, 0.29) is 11.5 Å². The van der Waals surface area contributed by atoms with Gasteiger partial charge in [-0.2, -0.15) is 0 Å². The number of hydrogen-bond acceptors (Lipinski definition) is 4. The largest absolute Gasteiger partial charge is 0.504 e. The maximum Gasteiger partial charge on any atom is 0.341 e. The number of carbonyl (C=O) groups is 1. The molecule has 1 aromatic carbocycles. The average molecular weight is 239 g/mol. The molecule has 0 fully saturated rings. The van der Waals surface area contributed by atoms with Crippen molar-refractivity contribution in [2.45, 2.75) is 13.8 Å². The first-order valence-electron chi connectivity index (χ1n) is 5.51. The minimum atomic E-state index is -1.07. The number of nitrogens with zero attached hydrogens (tertiary/aromatic N) is 1. The van der Waals surface area contributed by atoms with Crippen molar-refractivity contribution in [2.24, 2.45) is 0 Å². The van der Waals surface area contributed by atoms with Crippen LogP contribution in [0.2, 0.25) is 0 Å². The molecule has 0 unspecified atom stereocenters. The molecule has 0 saturated heterocycles. The van der Waals surface area contributed by atoms with Crippen LogP contribution in [0.3, 0.4) is 0 Å². The van der Waals surface area contributed by atoms with Crippen LogP contribution in [-0.2, 0) is 4.79 Å². The Labute approximate surface area is 100 Å². The summed E-state index contributed by atoms with van der Waals surface area (Å²) in [6, 6.07) is 4.94. The van der Waals surface area contributed by atoms with Gasteiger partial charge in [-0.3, -0.25) is 0 Å². The van der Waals surface area contributed by atoms with Crippen LogP contribution in [0.15, 0.2) is 18.2 Å². The number of carboxylic acid groups (broad SMARTS) is 1. The van der Waals surface area contributed by atoms with Gasteiger partial charge in [-0.25, -0.2) is 4.79 Å². The van der Waals surface area contributed by atoms with Crippen molar-refractivity contribution in [3.8, 4) is 11.5 Å². The van der Waals surface area contributed by atoms with Crippen molar-refractivity contribution in [3.63, 3.8) is 0 Å². The molecule has 5 heteroatoms. The Kier molecular flexibility index (Phi) is 4.63. The molecular weight excluding hydrogens is 222 g/mol. The summed E-state index contributed by atoms with van der Waals surface area (Å²) >= 11 is 0. The summed E-state index contributed by atoms with van der Waals surface area (Å²) in [5.74, 6) is -0.934.